The van der Waals surface area contributed by atoms with Crippen LogP contribution in [0.1, 0.15) is 25.8 Å². The van der Waals surface area contributed by atoms with Crippen molar-refractivity contribution < 1.29 is 4.92 Å². The lowest BCUT2D eigenvalue weighted by Crippen LogP contribution is -2.16. The summed E-state index contributed by atoms with van der Waals surface area (Å²) >= 11 is 0. The second kappa shape index (κ2) is 4.26. The Balaban J connectivity index is 3.07. The van der Waals surface area contributed by atoms with Crippen LogP contribution in [-0.4, -0.2) is 4.92 Å². The Morgan fingerprint density at radius 3 is 2.33 bits per heavy atom. The van der Waals surface area contributed by atoms with Gasteiger partial charge in [0, 0.05) is 17.5 Å². The summed E-state index contributed by atoms with van der Waals surface area (Å²) in [6.45, 7) is 7.95. The fraction of sp³-hybridized carbons (Fsp3) is 0.333. The topological polar surface area (TPSA) is 43.1 Å². The molecule has 0 unspecified atom stereocenters. The number of benzene rings is 1. The first kappa shape index (κ1) is 11.4. The first-order valence-corrected chi connectivity index (χ1v) is 4.92. The highest BCUT2D eigenvalue weighted by atomic mass is 16.6. The standard InChI is InChI=1S/C12H15NO2/c1-4-12(3,5-2)10-6-8-11(9-7-10)13(14)15/h4,6-9H,1,5H2,2-3H3/t12-/m1/s1. The summed E-state index contributed by atoms with van der Waals surface area (Å²) in [5, 5.41) is 10.5. The van der Waals surface area contributed by atoms with Gasteiger partial charge < -0.3 is 0 Å². The van der Waals surface area contributed by atoms with E-state index in [1.807, 2.05) is 6.08 Å². The molecule has 1 atom stereocenters. The van der Waals surface area contributed by atoms with E-state index in [1.54, 1.807) is 12.1 Å². The van der Waals surface area contributed by atoms with Gasteiger partial charge in [-0.3, -0.25) is 10.1 Å². The van der Waals surface area contributed by atoms with Gasteiger partial charge in [-0.25, -0.2) is 0 Å². The van der Waals surface area contributed by atoms with Crippen LogP contribution in [0.15, 0.2) is 36.9 Å². The molecule has 0 fully saturated rings. The third kappa shape index (κ3) is 2.24. The van der Waals surface area contributed by atoms with Crippen molar-refractivity contribution in [2.24, 2.45) is 0 Å². The van der Waals surface area contributed by atoms with Crippen LogP contribution < -0.4 is 0 Å². The summed E-state index contributed by atoms with van der Waals surface area (Å²) < 4.78 is 0. The summed E-state index contributed by atoms with van der Waals surface area (Å²) in [7, 11) is 0. The maximum Gasteiger partial charge on any atom is 0.269 e. The van der Waals surface area contributed by atoms with Gasteiger partial charge in [-0.2, -0.15) is 0 Å². The molecule has 1 aromatic carbocycles. The number of hydrogen-bond donors (Lipinski definition) is 0. The molecule has 0 spiro atoms. The quantitative estimate of drug-likeness (QED) is 0.429. The number of allylic oxidation sites excluding steroid dienone is 1. The first-order chi connectivity index (χ1) is 7.03. The van der Waals surface area contributed by atoms with Crippen molar-refractivity contribution >= 4 is 5.69 Å². The number of hydrogen-bond acceptors (Lipinski definition) is 2. The van der Waals surface area contributed by atoms with Gasteiger partial charge in [0.1, 0.15) is 0 Å². The number of nitro groups is 1. The van der Waals surface area contributed by atoms with Crippen LogP contribution in [0.4, 0.5) is 5.69 Å². The van der Waals surface area contributed by atoms with Crippen molar-refractivity contribution in [1.82, 2.24) is 0 Å². The molecule has 0 aliphatic rings. The second-order valence-electron chi connectivity index (χ2n) is 3.78. The SMILES string of the molecule is C=C[C@](C)(CC)c1ccc([N+](=O)[O-])cc1. The van der Waals surface area contributed by atoms with E-state index in [1.165, 1.54) is 12.1 Å². The summed E-state index contributed by atoms with van der Waals surface area (Å²) in [6, 6.07) is 6.66. The fourth-order valence-corrected chi connectivity index (χ4v) is 1.43. The Hall–Kier alpha value is -1.64. The number of nitrogens with zero attached hydrogens (tertiary/aromatic N) is 1. The highest BCUT2D eigenvalue weighted by molar-refractivity contribution is 5.38. The molecular weight excluding hydrogens is 190 g/mol. The molecule has 0 bridgehead atoms. The van der Waals surface area contributed by atoms with Crippen LogP contribution in [0.2, 0.25) is 0 Å². The molecule has 80 valence electrons. The zero-order chi connectivity index (χ0) is 11.5. The van der Waals surface area contributed by atoms with E-state index in [9.17, 15) is 10.1 Å². The highest BCUT2D eigenvalue weighted by Crippen LogP contribution is 2.29. The molecule has 0 amide bonds. The molecule has 0 aromatic heterocycles. The van der Waals surface area contributed by atoms with Gasteiger partial charge in [0.25, 0.3) is 5.69 Å². The summed E-state index contributed by atoms with van der Waals surface area (Å²) in [5.74, 6) is 0. The molecule has 3 nitrogen and oxygen atoms in total. The van der Waals surface area contributed by atoms with Crippen molar-refractivity contribution in [2.45, 2.75) is 25.7 Å². The molecule has 0 aliphatic carbocycles. The second-order valence-corrected chi connectivity index (χ2v) is 3.78. The van der Waals surface area contributed by atoms with Crippen molar-refractivity contribution in [2.75, 3.05) is 0 Å². The summed E-state index contributed by atoms with van der Waals surface area (Å²) in [4.78, 5) is 10.1. The molecular formula is C12H15NO2. The van der Waals surface area contributed by atoms with Crippen molar-refractivity contribution in [3.8, 4) is 0 Å². The number of rotatable bonds is 4. The minimum Gasteiger partial charge on any atom is -0.258 e. The maximum absolute atomic E-state index is 10.5. The van der Waals surface area contributed by atoms with Gasteiger partial charge in [0.05, 0.1) is 4.92 Å². The Labute approximate surface area is 89.6 Å². The minimum absolute atomic E-state index is 0.102. The summed E-state index contributed by atoms with van der Waals surface area (Å²) in [5.41, 5.74) is 1.08. The van der Waals surface area contributed by atoms with E-state index in [4.69, 9.17) is 0 Å². The Bertz CT molecular complexity index is 370. The van der Waals surface area contributed by atoms with Crippen LogP contribution in [0.5, 0.6) is 0 Å². The lowest BCUT2D eigenvalue weighted by Gasteiger charge is -2.24. The van der Waals surface area contributed by atoms with Crippen LogP contribution in [-0.2, 0) is 5.41 Å². The van der Waals surface area contributed by atoms with Crippen molar-refractivity contribution in [1.29, 1.82) is 0 Å². The van der Waals surface area contributed by atoms with Crippen LogP contribution in [0, 0.1) is 10.1 Å². The third-order valence-corrected chi connectivity index (χ3v) is 2.92. The van der Waals surface area contributed by atoms with Gasteiger partial charge in [-0.15, -0.1) is 6.58 Å². The lowest BCUT2D eigenvalue weighted by molar-refractivity contribution is -0.384. The van der Waals surface area contributed by atoms with Crippen LogP contribution >= 0.6 is 0 Å². The van der Waals surface area contributed by atoms with Crippen molar-refractivity contribution in [3.63, 3.8) is 0 Å². The molecule has 15 heavy (non-hydrogen) atoms. The van der Waals surface area contributed by atoms with Gasteiger partial charge in [0.15, 0.2) is 0 Å². The summed E-state index contributed by atoms with van der Waals surface area (Å²) in [6.07, 6.45) is 2.81. The van der Waals surface area contributed by atoms with E-state index < -0.39 is 0 Å². The third-order valence-electron chi connectivity index (χ3n) is 2.92. The Morgan fingerprint density at radius 2 is 2.00 bits per heavy atom. The van der Waals surface area contributed by atoms with Gasteiger partial charge in [-0.1, -0.05) is 32.1 Å². The molecule has 0 saturated heterocycles. The maximum atomic E-state index is 10.5. The van der Waals surface area contributed by atoms with Gasteiger partial charge in [-0.05, 0) is 12.0 Å². The van der Waals surface area contributed by atoms with Crippen molar-refractivity contribution in [3.05, 3.63) is 52.6 Å². The smallest absolute Gasteiger partial charge is 0.258 e. The molecule has 0 N–H and O–H groups in total. The Kier molecular flexibility index (Phi) is 3.24. The van der Waals surface area contributed by atoms with Crippen LogP contribution in [0.25, 0.3) is 0 Å². The lowest BCUT2D eigenvalue weighted by atomic mass is 9.80. The van der Waals surface area contributed by atoms with Crippen LogP contribution in [0.3, 0.4) is 0 Å². The van der Waals surface area contributed by atoms with E-state index in [2.05, 4.69) is 20.4 Å². The first-order valence-electron chi connectivity index (χ1n) is 4.92. The largest absolute Gasteiger partial charge is 0.269 e. The Morgan fingerprint density at radius 1 is 1.47 bits per heavy atom. The molecule has 0 aliphatic heterocycles. The van der Waals surface area contributed by atoms with E-state index in [0.29, 0.717) is 0 Å². The molecule has 1 aromatic rings. The predicted octanol–water partition coefficient (Wildman–Crippen LogP) is 3.45. The van der Waals surface area contributed by atoms with Gasteiger partial charge in [0.2, 0.25) is 0 Å². The van der Waals surface area contributed by atoms with E-state index in [0.717, 1.165) is 12.0 Å². The highest BCUT2D eigenvalue weighted by Gasteiger charge is 2.20. The van der Waals surface area contributed by atoms with E-state index >= 15 is 0 Å². The number of non-ortho nitro benzene ring substituents is 1. The number of nitro benzene ring substituents is 1. The normalized spacial score (nSPS) is 14.3. The monoisotopic (exact) mass is 205 g/mol. The molecule has 0 saturated carbocycles. The fourth-order valence-electron chi connectivity index (χ4n) is 1.43. The molecule has 1 rings (SSSR count). The average molecular weight is 205 g/mol. The zero-order valence-corrected chi connectivity index (χ0v) is 9.06. The van der Waals surface area contributed by atoms with Gasteiger partial charge >= 0.3 is 0 Å². The predicted molar refractivity (Wildman–Crippen MR) is 60.9 cm³/mol. The molecule has 3 heteroatoms. The molecule has 0 heterocycles. The minimum atomic E-state index is -0.388. The average Bonchev–Trinajstić information content (AvgIpc) is 2.28. The molecule has 0 radical (unpaired) electrons. The van der Waals surface area contributed by atoms with E-state index in [-0.39, 0.29) is 16.0 Å². The zero-order valence-electron chi connectivity index (χ0n) is 9.06.